The first kappa shape index (κ1) is 12.3. The number of likely N-dealkylation sites (tertiary alicyclic amines) is 1. The van der Waals surface area contributed by atoms with Crippen LogP contribution in [-0.2, 0) is 6.54 Å². The number of hydrogen-bond acceptors (Lipinski definition) is 1. The first-order valence-corrected chi connectivity index (χ1v) is 7.23. The maximum Gasteiger partial charge on any atom is 0.131 e. The van der Waals surface area contributed by atoms with Gasteiger partial charge in [0.25, 0.3) is 0 Å². The molecule has 2 aromatic rings. The number of benzene rings is 2. The van der Waals surface area contributed by atoms with Gasteiger partial charge in [0.15, 0.2) is 0 Å². The molecule has 1 nitrogen and oxygen atoms in total. The highest BCUT2D eigenvalue weighted by atomic mass is 19.1. The van der Waals surface area contributed by atoms with Crippen molar-refractivity contribution in [3.8, 4) is 0 Å². The Morgan fingerprint density at radius 1 is 1.10 bits per heavy atom. The summed E-state index contributed by atoms with van der Waals surface area (Å²) in [6.45, 7) is 2.33. The van der Waals surface area contributed by atoms with E-state index in [4.69, 9.17) is 0 Å². The predicted molar refractivity (Wildman–Crippen MR) is 75.7 cm³/mol. The van der Waals surface area contributed by atoms with Crippen LogP contribution in [-0.4, -0.2) is 23.7 Å². The normalized spacial score (nSPS) is 21.9. The summed E-state index contributed by atoms with van der Waals surface area (Å²) in [6, 6.07) is 11.0. The summed E-state index contributed by atoms with van der Waals surface area (Å²) in [5.74, 6) is 0.0293. The Balaban J connectivity index is 1.55. The van der Waals surface area contributed by atoms with Gasteiger partial charge in [0.1, 0.15) is 11.5 Å². The fourth-order valence-corrected chi connectivity index (χ4v) is 3.30. The fraction of sp³-hybridized carbons (Fsp3) is 0.412. The van der Waals surface area contributed by atoms with E-state index in [0.717, 1.165) is 36.9 Å². The summed E-state index contributed by atoms with van der Waals surface area (Å²) < 4.78 is 27.9. The van der Waals surface area contributed by atoms with Gasteiger partial charge in [-0.05, 0) is 29.9 Å². The van der Waals surface area contributed by atoms with Crippen LogP contribution in [0.15, 0.2) is 36.4 Å². The van der Waals surface area contributed by atoms with Crippen molar-refractivity contribution in [2.24, 2.45) is 5.92 Å². The van der Waals surface area contributed by atoms with Gasteiger partial charge < -0.3 is 0 Å². The molecule has 1 saturated heterocycles. The number of rotatable bonds is 3. The van der Waals surface area contributed by atoms with Crippen LogP contribution in [0, 0.1) is 11.7 Å². The van der Waals surface area contributed by atoms with E-state index in [1.807, 2.05) is 24.3 Å². The topological polar surface area (TPSA) is 3.24 Å². The number of alkyl halides is 1. The van der Waals surface area contributed by atoms with Crippen LogP contribution in [0.1, 0.15) is 18.4 Å². The third-order valence-electron chi connectivity index (χ3n) is 4.75. The molecule has 0 N–H and O–H groups in total. The molecule has 3 heteroatoms. The Labute approximate surface area is 117 Å². The van der Waals surface area contributed by atoms with Gasteiger partial charge in [0, 0.05) is 30.9 Å². The molecule has 0 aromatic heterocycles. The molecule has 2 aromatic carbocycles. The van der Waals surface area contributed by atoms with Gasteiger partial charge in [-0.1, -0.05) is 30.3 Å². The number of halogens is 2. The van der Waals surface area contributed by atoms with Crippen molar-refractivity contribution < 1.29 is 8.78 Å². The van der Waals surface area contributed by atoms with E-state index in [1.54, 1.807) is 6.07 Å². The molecule has 0 radical (unpaired) electrons. The minimum absolute atomic E-state index is 0.167. The molecule has 1 saturated carbocycles. The Bertz CT molecular complexity index is 652. The molecular formula is C17H17F2N. The van der Waals surface area contributed by atoms with Crippen molar-refractivity contribution in [2.75, 3.05) is 13.1 Å². The summed E-state index contributed by atoms with van der Waals surface area (Å²) >= 11 is 0. The van der Waals surface area contributed by atoms with E-state index in [2.05, 4.69) is 4.90 Å². The van der Waals surface area contributed by atoms with Gasteiger partial charge >= 0.3 is 0 Å². The molecule has 0 bridgehead atoms. The Hall–Kier alpha value is -1.48. The highest BCUT2D eigenvalue weighted by Gasteiger charge is 2.54. The van der Waals surface area contributed by atoms with Crippen molar-refractivity contribution in [3.63, 3.8) is 0 Å². The molecule has 0 atom stereocenters. The third kappa shape index (κ3) is 1.92. The Morgan fingerprint density at radius 3 is 2.50 bits per heavy atom. The first-order chi connectivity index (χ1) is 9.66. The molecule has 2 aliphatic rings. The summed E-state index contributed by atoms with van der Waals surface area (Å²) in [5, 5.41) is 1.64. The number of nitrogens with zero attached hydrogens (tertiary/aromatic N) is 1. The molecule has 1 aliphatic carbocycles. The van der Waals surface area contributed by atoms with E-state index < -0.39 is 5.67 Å². The standard InChI is InChI=1S/C17H17F2N/c18-15-6-2-4-12-3-1-5-13(16(12)15)9-20-10-14(11-20)17(19)7-8-17/h1-6,14H,7-11H2. The van der Waals surface area contributed by atoms with Gasteiger partial charge in [-0.25, -0.2) is 8.78 Å². The van der Waals surface area contributed by atoms with Crippen LogP contribution in [0.25, 0.3) is 10.8 Å². The lowest BCUT2D eigenvalue weighted by Crippen LogP contribution is -2.51. The molecule has 1 heterocycles. The maximum absolute atomic E-state index is 14.0. The zero-order chi connectivity index (χ0) is 13.7. The molecule has 0 spiro atoms. The average Bonchev–Trinajstić information content (AvgIpc) is 3.12. The average molecular weight is 273 g/mol. The predicted octanol–water partition coefficient (Wildman–Crippen LogP) is 3.91. The van der Waals surface area contributed by atoms with Crippen LogP contribution in [0.2, 0.25) is 0 Å². The summed E-state index contributed by atoms with van der Waals surface area (Å²) in [7, 11) is 0. The number of hydrogen-bond donors (Lipinski definition) is 0. The van der Waals surface area contributed by atoms with Crippen LogP contribution < -0.4 is 0 Å². The maximum atomic E-state index is 14.0. The van der Waals surface area contributed by atoms with Crippen LogP contribution in [0.3, 0.4) is 0 Å². The first-order valence-electron chi connectivity index (χ1n) is 7.23. The second kappa shape index (κ2) is 4.26. The van der Waals surface area contributed by atoms with Gasteiger partial charge in [0.05, 0.1) is 0 Å². The Morgan fingerprint density at radius 2 is 1.80 bits per heavy atom. The van der Waals surface area contributed by atoms with Crippen molar-refractivity contribution in [1.29, 1.82) is 0 Å². The highest BCUT2D eigenvalue weighted by Crippen LogP contribution is 2.49. The third-order valence-corrected chi connectivity index (χ3v) is 4.75. The van der Waals surface area contributed by atoms with Gasteiger partial charge in [-0.15, -0.1) is 0 Å². The van der Waals surface area contributed by atoms with Gasteiger partial charge in [-0.3, -0.25) is 4.90 Å². The SMILES string of the molecule is Fc1cccc2cccc(CN3CC(C4(F)CC4)C3)c12. The van der Waals surface area contributed by atoms with Gasteiger partial charge in [0.2, 0.25) is 0 Å². The van der Waals surface area contributed by atoms with Crippen molar-refractivity contribution in [2.45, 2.75) is 25.1 Å². The molecule has 1 aliphatic heterocycles. The van der Waals surface area contributed by atoms with Crippen molar-refractivity contribution >= 4 is 10.8 Å². The minimum Gasteiger partial charge on any atom is -0.298 e. The fourth-order valence-electron chi connectivity index (χ4n) is 3.30. The van der Waals surface area contributed by atoms with Crippen LogP contribution in [0.5, 0.6) is 0 Å². The lowest BCUT2D eigenvalue weighted by atomic mass is 9.91. The van der Waals surface area contributed by atoms with Crippen LogP contribution >= 0.6 is 0 Å². The lowest BCUT2D eigenvalue weighted by Gasteiger charge is -2.41. The lowest BCUT2D eigenvalue weighted by molar-refractivity contribution is 0.0209. The molecule has 104 valence electrons. The van der Waals surface area contributed by atoms with E-state index in [9.17, 15) is 8.78 Å². The molecule has 4 rings (SSSR count). The van der Waals surface area contributed by atoms with E-state index in [1.165, 1.54) is 6.07 Å². The second-order valence-electron chi connectivity index (χ2n) is 6.18. The zero-order valence-electron chi connectivity index (χ0n) is 11.3. The van der Waals surface area contributed by atoms with E-state index in [-0.39, 0.29) is 11.7 Å². The largest absolute Gasteiger partial charge is 0.298 e. The second-order valence-corrected chi connectivity index (χ2v) is 6.18. The van der Waals surface area contributed by atoms with E-state index >= 15 is 0 Å². The molecule has 0 unspecified atom stereocenters. The molecular weight excluding hydrogens is 256 g/mol. The van der Waals surface area contributed by atoms with Crippen molar-refractivity contribution in [3.05, 3.63) is 47.8 Å². The smallest absolute Gasteiger partial charge is 0.131 e. The Kier molecular flexibility index (Phi) is 2.61. The molecule has 2 fully saturated rings. The summed E-state index contributed by atoms with van der Waals surface area (Å²) in [5.41, 5.74) is 0.128. The van der Waals surface area contributed by atoms with E-state index in [0.29, 0.717) is 11.9 Å². The molecule has 0 amide bonds. The zero-order valence-corrected chi connectivity index (χ0v) is 11.3. The number of fused-ring (bicyclic) bond motifs is 1. The molecule has 20 heavy (non-hydrogen) atoms. The monoisotopic (exact) mass is 273 g/mol. The highest BCUT2D eigenvalue weighted by molar-refractivity contribution is 5.86. The van der Waals surface area contributed by atoms with Gasteiger partial charge in [-0.2, -0.15) is 0 Å². The minimum atomic E-state index is -0.874. The summed E-state index contributed by atoms with van der Waals surface area (Å²) in [4.78, 5) is 2.21. The quantitative estimate of drug-likeness (QED) is 0.819. The summed E-state index contributed by atoms with van der Waals surface area (Å²) in [6.07, 6.45) is 1.46. The van der Waals surface area contributed by atoms with Crippen molar-refractivity contribution in [1.82, 2.24) is 4.90 Å². The van der Waals surface area contributed by atoms with Crippen LogP contribution in [0.4, 0.5) is 8.78 Å².